The van der Waals surface area contributed by atoms with Crippen LogP contribution in [0, 0.1) is 13.8 Å². The Bertz CT molecular complexity index is 1250. The number of carbonyl (C=O) groups is 3. The zero-order valence-electron chi connectivity index (χ0n) is 19.5. The lowest BCUT2D eigenvalue weighted by Crippen LogP contribution is -2.42. The van der Waals surface area contributed by atoms with Gasteiger partial charge in [0.05, 0.1) is 13.5 Å². The minimum absolute atomic E-state index is 0.0613. The van der Waals surface area contributed by atoms with Gasteiger partial charge in [-0.05, 0) is 13.8 Å². The van der Waals surface area contributed by atoms with Crippen molar-refractivity contribution in [3.8, 4) is 0 Å². The lowest BCUT2D eigenvalue weighted by molar-refractivity contribution is -0.159. The zero-order chi connectivity index (χ0) is 24.3. The van der Waals surface area contributed by atoms with Crippen LogP contribution in [0.3, 0.4) is 0 Å². The Hall–Kier alpha value is -3.99. The minimum Gasteiger partial charge on any atom is -0.474 e. The molecule has 1 atom stereocenters. The minimum atomic E-state index is -1.63. The maximum absolute atomic E-state index is 13.6. The fraction of sp³-hybridized carbons (Fsp3) is 0.207. The second-order valence-electron chi connectivity index (χ2n) is 8.60. The van der Waals surface area contributed by atoms with E-state index in [4.69, 9.17) is 9.47 Å². The van der Waals surface area contributed by atoms with Gasteiger partial charge >= 0.3 is 5.97 Å². The van der Waals surface area contributed by atoms with E-state index in [1.807, 2.05) is 56.3 Å². The number of ketones is 2. The molecule has 0 amide bonds. The fourth-order valence-corrected chi connectivity index (χ4v) is 4.12. The zero-order valence-corrected chi connectivity index (χ0v) is 19.5. The van der Waals surface area contributed by atoms with Gasteiger partial charge in [0.2, 0.25) is 5.60 Å². The number of hydrogen-bond acceptors (Lipinski definition) is 5. The Balaban J connectivity index is 1.78. The topological polar surface area (TPSA) is 69.7 Å². The molecule has 0 radical (unpaired) electrons. The first-order chi connectivity index (χ1) is 16.3. The molecule has 5 nitrogen and oxygen atoms in total. The van der Waals surface area contributed by atoms with E-state index in [-0.39, 0.29) is 24.4 Å². The first kappa shape index (κ1) is 23.2. The summed E-state index contributed by atoms with van der Waals surface area (Å²) in [4.78, 5) is 39.7. The summed E-state index contributed by atoms with van der Waals surface area (Å²) in [6, 6.07) is 23.5. The Labute approximate surface area is 199 Å². The van der Waals surface area contributed by atoms with Crippen LogP contribution in [0.1, 0.15) is 50.2 Å². The molecule has 172 valence electrons. The number of esters is 1. The van der Waals surface area contributed by atoms with Crippen LogP contribution < -0.4 is 0 Å². The van der Waals surface area contributed by atoms with Crippen molar-refractivity contribution in [1.82, 2.24) is 0 Å². The number of benzene rings is 3. The van der Waals surface area contributed by atoms with Crippen LogP contribution in [0.2, 0.25) is 0 Å². The largest absolute Gasteiger partial charge is 0.474 e. The highest BCUT2D eigenvalue weighted by Gasteiger charge is 2.51. The SMILES string of the molecule is COC(=O)C1(CC(=O)c2ccccc2)CC(C(=O)c2ccc(C)cc2)=C(c2ccc(C)cc2)O1. The van der Waals surface area contributed by atoms with Crippen LogP contribution in [0.4, 0.5) is 0 Å². The molecule has 0 saturated carbocycles. The van der Waals surface area contributed by atoms with E-state index in [1.54, 1.807) is 36.4 Å². The molecule has 3 aromatic rings. The predicted octanol–water partition coefficient (Wildman–Crippen LogP) is 5.50. The summed E-state index contributed by atoms with van der Waals surface area (Å²) in [5, 5.41) is 0. The summed E-state index contributed by atoms with van der Waals surface area (Å²) < 4.78 is 11.3. The molecule has 34 heavy (non-hydrogen) atoms. The molecule has 5 heteroatoms. The molecular formula is C29H26O5. The molecule has 0 fully saturated rings. The highest BCUT2D eigenvalue weighted by Crippen LogP contribution is 2.44. The molecule has 0 aliphatic carbocycles. The summed E-state index contributed by atoms with van der Waals surface area (Å²) in [5.41, 5.74) is 2.42. The van der Waals surface area contributed by atoms with Gasteiger partial charge in [-0.3, -0.25) is 9.59 Å². The number of hydrogen-bond donors (Lipinski definition) is 0. The average molecular weight is 455 g/mol. The molecule has 0 aromatic heterocycles. The van der Waals surface area contributed by atoms with Crippen molar-refractivity contribution in [3.05, 3.63) is 112 Å². The molecule has 3 aromatic carbocycles. The van der Waals surface area contributed by atoms with Gasteiger partial charge in [-0.15, -0.1) is 0 Å². The lowest BCUT2D eigenvalue weighted by Gasteiger charge is -2.26. The first-order valence-corrected chi connectivity index (χ1v) is 11.1. The molecule has 0 spiro atoms. The van der Waals surface area contributed by atoms with Crippen LogP contribution in [0.5, 0.6) is 0 Å². The maximum Gasteiger partial charge on any atom is 0.351 e. The van der Waals surface area contributed by atoms with Crippen molar-refractivity contribution in [3.63, 3.8) is 0 Å². The van der Waals surface area contributed by atoms with Gasteiger partial charge in [-0.25, -0.2) is 4.79 Å². The van der Waals surface area contributed by atoms with Gasteiger partial charge in [0, 0.05) is 28.7 Å². The molecular weight excluding hydrogens is 428 g/mol. The van der Waals surface area contributed by atoms with Crippen LogP contribution in [-0.4, -0.2) is 30.2 Å². The van der Waals surface area contributed by atoms with E-state index >= 15 is 0 Å². The highest BCUT2D eigenvalue weighted by atomic mass is 16.6. The molecule has 0 N–H and O–H groups in total. The van der Waals surface area contributed by atoms with E-state index < -0.39 is 11.6 Å². The smallest absolute Gasteiger partial charge is 0.351 e. The molecule has 1 aliphatic heterocycles. The van der Waals surface area contributed by atoms with Crippen molar-refractivity contribution in [2.45, 2.75) is 32.3 Å². The van der Waals surface area contributed by atoms with E-state index in [1.165, 1.54) is 7.11 Å². The van der Waals surface area contributed by atoms with Crippen LogP contribution in [0.25, 0.3) is 5.76 Å². The van der Waals surface area contributed by atoms with E-state index in [0.29, 0.717) is 28.0 Å². The van der Waals surface area contributed by atoms with E-state index in [9.17, 15) is 14.4 Å². The summed E-state index contributed by atoms with van der Waals surface area (Å²) in [7, 11) is 1.26. The third-order valence-electron chi connectivity index (χ3n) is 6.03. The molecule has 0 saturated heterocycles. The van der Waals surface area contributed by atoms with Gasteiger partial charge in [-0.2, -0.15) is 0 Å². The molecule has 0 bridgehead atoms. The number of Topliss-reactive ketones (excluding diaryl/α,β-unsaturated/α-hetero) is 2. The number of methoxy groups -OCH3 is 1. The van der Waals surface area contributed by atoms with Crippen molar-refractivity contribution < 1.29 is 23.9 Å². The van der Waals surface area contributed by atoms with E-state index in [2.05, 4.69) is 0 Å². The number of ether oxygens (including phenoxy) is 2. The van der Waals surface area contributed by atoms with E-state index in [0.717, 1.165) is 11.1 Å². The predicted molar refractivity (Wildman–Crippen MR) is 129 cm³/mol. The van der Waals surface area contributed by atoms with Gasteiger partial charge in [0.1, 0.15) is 5.76 Å². The van der Waals surface area contributed by atoms with Gasteiger partial charge < -0.3 is 9.47 Å². The molecule has 1 unspecified atom stereocenters. The normalized spacial score (nSPS) is 17.3. The Kier molecular flexibility index (Phi) is 6.46. The molecule has 4 rings (SSSR count). The van der Waals surface area contributed by atoms with Gasteiger partial charge in [0.25, 0.3) is 0 Å². The Morgan fingerprint density at radius 3 is 2.00 bits per heavy atom. The monoisotopic (exact) mass is 454 g/mol. The first-order valence-electron chi connectivity index (χ1n) is 11.1. The lowest BCUT2D eigenvalue weighted by atomic mass is 9.86. The second-order valence-corrected chi connectivity index (χ2v) is 8.60. The Morgan fingerprint density at radius 1 is 0.824 bits per heavy atom. The van der Waals surface area contributed by atoms with Crippen LogP contribution in [-0.2, 0) is 14.3 Å². The maximum atomic E-state index is 13.6. The molecule has 1 heterocycles. The van der Waals surface area contributed by atoms with Crippen molar-refractivity contribution >= 4 is 23.3 Å². The number of carbonyl (C=O) groups excluding carboxylic acids is 3. The van der Waals surface area contributed by atoms with Crippen molar-refractivity contribution in [1.29, 1.82) is 0 Å². The van der Waals surface area contributed by atoms with Crippen molar-refractivity contribution in [2.75, 3.05) is 7.11 Å². The number of rotatable bonds is 7. The molecule has 1 aliphatic rings. The summed E-state index contributed by atoms with van der Waals surface area (Å²) in [6.45, 7) is 3.91. The van der Waals surface area contributed by atoms with Gasteiger partial charge in [0.15, 0.2) is 11.6 Å². The standard InChI is InChI=1S/C29H26O5/c1-19-9-13-22(14-10-19)26(31)24-17-29(28(32)33-3,18-25(30)21-7-5-4-6-8-21)34-27(24)23-15-11-20(2)12-16-23/h4-16H,17-18H2,1-3H3. The summed E-state index contributed by atoms with van der Waals surface area (Å²) >= 11 is 0. The van der Waals surface area contributed by atoms with Crippen LogP contribution >= 0.6 is 0 Å². The Morgan fingerprint density at radius 2 is 1.41 bits per heavy atom. The second kappa shape index (κ2) is 9.48. The van der Waals surface area contributed by atoms with Gasteiger partial charge in [-0.1, -0.05) is 90.0 Å². The average Bonchev–Trinajstić information content (AvgIpc) is 3.25. The highest BCUT2D eigenvalue weighted by molar-refractivity contribution is 6.14. The third kappa shape index (κ3) is 4.55. The number of aryl methyl sites for hydroxylation is 2. The van der Waals surface area contributed by atoms with Crippen LogP contribution in [0.15, 0.2) is 84.4 Å². The fourth-order valence-electron chi connectivity index (χ4n) is 4.12. The quantitative estimate of drug-likeness (QED) is 0.348. The summed E-state index contributed by atoms with van der Waals surface area (Å²) in [5.74, 6) is -0.892. The third-order valence-corrected chi connectivity index (χ3v) is 6.03. The van der Waals surface area contributed by atoms with Crippen molar-refractivity contribution in [2.24, 2.45) is 0 Å². The summed E-state index contributed by atoms with van der Waals surface area (Å²) in [6.07, 6.45) is -0.308.